The van der Waals surface area contributed by atoms with Crippen LogP contribution in [0.1, 0.15) is 16.8 Å². The van der Waals surface area contributed by atoms with E-state index in [1.54, 1.807) is 37.4 Å². The van der Waals surface area contributed by atoms with Crippen molar-refractivity contribution >= 4 is 28.9 Å². The molecule has 0 bridgehead atoms. The van der Waals surface area contributed by atoms with Gasteiger partial charge in [-0.05, 0) is 42.8 Å². The summed E-state index contributed by atoms with van der Waals surface area (Å²) < 4.78 is 14.1. The first-order valence-corrected chi connectivity index (χ1v) is 9.80. The lowest BCUT2D eigenvalue weighted by molar-refractivity contribution is -0.120. The SMILES string of the molecule is CN(C(=O)c1ccccc1Nc1ccccc1)[C@@H]1CCN(c2ccccc2F)C1=O. The molecule has 1 N–H and O–H groups in total. The van der Waals surface area contributed by atoms with Gasteiger partial charge in [0, 0.05) is 19.3 Å². The van der Waals surface area contributed by atoms with E-state index in [1.165, 1.54) is 15.9 Å². The van der Waals surface area contributed by atoms with Crippen molar-refractivity contribution in [3.05, 3.63) is 90.2 Å². The number of benzene rings is 3. The van der Waals surface area contributed by atoms with E-state index in [1.807, 2.05) is 42.5 Å². The highest BCUT2D eigenvalue weighted by Crippen LogP contribution is 2.28. The second-order valence-corrected chi connectivity index (χ2v) is 7.20. The van der Waals surface area contributed by atoms with E-state index in [2.05, 4.69) is 5.32 Å². The van der Waals surface area contributed by atoms with Crippen LogP contribution in [0.3, 0.4) is 0 Å². The zero-order valence-corrected chi connectivity index (χ0v) is 16.6. The first-order valence-electron chi connectivity index (χ1n) is 9.80. The number of para-hydroxylation sites is 3. The number of halogens is 1. The molecule has 0 aromatic heterocycles. The standard InChI is InChI=1S/C24H22FN3O2/c1-27(22-15-16-28(24(22)30)21-14-8-6-12-19(21)25)23(29)18-11-5-7-13-20(18)26-17-9-3-2-4-10-17/h2-14,22,26H,15-16H2,1H3/t22-/m1/s1. The van der Waals surface area contributed by atoms with Crippen molar-refractivity contribution in [3.8, 4) is 0 Å². The fraction of sp³-hybridized carbons (Fsp3) is 0.167. The van der Waals surface area contributed by atoms with Gasteiger partial charge >= 0.3 is 0 Å². The summed E-state index contributed by atoms with van der Waals surface area (Å²) in [7, 11) is 1.62. The third kappa shape index (κ3) is 3.76. The van der Waals surface area contributed by atoms with Crippen molar-refractivity contribution in [2.45, 2.75) is 12.5 Å². The van der Waals surface area contributed by atoms with Crippen LogP contribution in [0.25, 0.3) is 0 Å². The van der Waals surface area contributed by atoms with Crippen molar-refractivity contribution in [1.29, 1.82) is 0 Å². The van der Waals surface area contributed by atoms with Gasteiger partial charge in [-0.1, -0.05) is 42.5 Å². The van der Waals surface area contributed by atoms with Crippen LogP contribution in [0.5, 0.6) is 0 Å². The summed E-state index contributed by atoms with van der Waals surface area (Å²) in [5, 5.41) is 3.26. The normalized spacial score (nSPS) is 15.9. The van der Waals surface area contributed by atoms with Gasteiger partial charge in [-0.25, -0.2) is 4.39 Å². The lowest BCUT2D eigenvalue weighted by atomic mass is 10.1. The average Bonchev–Trinajstić information content (AvgIpc) is 3.15. The van der Waals surface area contributed by atoms with Crippen LogP contribution >= 0.6 is 0 Å². The van der Waals surface area contributed by atoms with Crippen LogP contribution in [0, 0.1) is 5.82 Å². The minimum absolute atomic E-state index is 0.247. The molecular formula is C24H22FN3O2. The van der Waals surface area contributed by atoms with Crippen molar-refractivity contribution < 1.29 is 14.0 Å². The quantitative estimate of drug-likeness (QED) is 0.685. The molecule has 1 atom stereocenters. The van der Waals surface area contributed by atoms with Gasteiger partial charge < -0.3 is 15.1 Å². The van der Waals surface area contributed by atoms with Crippen molar-refractivity contribution in [2.24, 2.45) is 0 Å². The molecule has 1 heterocycles. The zero-order valence-electron chi connectivity index (χ0n) is 16.6. The van der Waals surface area contributed by atoms with E-state index in [-0.39, 0.29) is 17.5 Å². The number of rotatable bonds is 5. The molecule has 4 rings (SSSR count). The number of hydrogen-bond acceptors (Lipinski definition) is 3. The number of carbonyl (C=O) groups excluding carboxylic acids is 2. The van der Waals surface area contributed by atoms with Crippen molar-refractivity contribution in [3.63, 3.8) is 0 Å². The molecule has 0 aliphatic carbocycles. The first-order chi connectivity index (χ1) is 14.6. The van der Waals surface area contributed by atoms with Crippen LogP contribution in [-0.2, 0) is 4.79 Å². The van der Waals surface area contributed by atoms with Gasteiger partial charge in [0.05, 0.1) is 16.9 Å². The topological polar surface area (TPSA) is 52.7 Å². The van der Waals surface area contributed by atoms with Crippen molar-refractivity contribution in [2.75, 3.05) is 23.8 Å². The molecule has 0 radical (unpaired) electrons. The molecule has 1 fully saturated rings. The molecule has 6 heteroatoms. The molecule has 2 amide bonds. The molecule has 1 saturated heterocycles. The highest BCUT2D eigenvalue weighted by Gasteiger charge is 2.38. The molecule has 5 nitrogen and oxygen atoms in total. The smallest absolute Gasteiger partial charge is 0.256 e. The first kappa shape index (κ1) is 19.6. The van der Waals surface area contributed by atoms with Crippen LogP contribution in [0.15, 0.2) is 78.9 Å². The fourth-order valence-corrected chi connectivity index (χ4v) is 3.72. The Morgan fingerprint density at radius 1 is 1.00 bits per heavy atom. The molecule has 0 spiro atoms. The lowest BCUT2D eigenvalue weighted by Crippen LogP contribution is -2.43. The Kier molecular flexibility index (Phi) is 5.48. The highest BCUT2D eigenvalue weighted by atomic mass is 19.1. The Balaban J connectivity index is 1.55. The highest BCUT2D eigenvalue weighted by molar-refractivity contribution is 6.06. The summed E-state index contributed by atoms with van der Waals surface area (Å²) in [6.07, 6.45) is 0.448. The van der Waals surface area contributed by atoms with E-state index in [9.17, 15) is 14.0 Å². The molecule has 3 aromatic rings. The monoisotopic (exact) mass is 403 g/mol. The predicted molar refractivity (Wildman–Crippen MR) is 115 cm³/mol. The molecular weight excluding hydrogens is 381 g/mol. The third-order valence-corrected chi connectivity index (χ3v) is 5.32. The largest absolute Gasteiger partial charge is 0.355 e. The Hall–Kier alpha value is -3.67. The average molecular weight is 403 g/mol. The van der Waals surface area contributed by atoms with Gasteiger partial charge in [0.2, 0.25) is 5.91 Å². The summed E-state index contributed by atoms with van der Waals surface area (Å²) in [5.74, 6) is -0.981. The second kappa shape index (κ2) is 8.37. The van der Waals surface area contributed by atoms with Gasteiger partial charge in [0.15, 0.2) is 0 Å². The maximum Gasteiger partial charge on any atom is 0.256 e. The molecule has 1 aliphatic heterocycles. The van der Waals surface area contributed by atoms with Gasteiger partial charge in [0.25, 0.3) is 5.91 Å². The van der Waals surface area contributed by atoms with Crippen LogP contribution in [0.4, 0.5) is 21.5 Å². The summed E-state index contributed by atoms with van der Waals surface area (Å²) in [6, 6.07) is 22.3. The number of nitrogens with zero attached hydrogens (tertiary/aromatic N) is 2. The summed E-state index contributed by atoms with van der Waals surface area (Å²) in [4.78, 5) is 29.1. The number of hydrogen-bond donors (Lipinski definition) is 1. The summed E-state index contributed by atoms with van der Waals surface area (Å²) in [5.41, 5.74) is 2.25. The van der Waals surface area contributed by atoms with E-state index in [4.69, 9.17) is 0 Å². The molecule has 0 unspecified atom stereocenters. The number of anilines is 3. The van der Waals surface area contributed by atoms with E-state index >= 15 is 0 Å². The lowest BCUT2D eigenvalue weighted by Gasteiger charge is -2.25. The molecule has 0 saturated carbocycles. The third-order valence-electron chi connectivity index (χ3n) is 5.32. The minimum atomic E-state index is -0.637. The van der Waals surface area contributed by atoms with E-state index < -0.39 is 11.9 Å². The Morgan fingerprint density at radius 2 is 1.67 bits per heavy atom. The van der Waals surface area contributed by atoms with Crippen LogP contribution in [-0.4, -0.2) is 36.3 Å². The number of amides is 2. The number of nitrogens with one attached hydrogen (secondary N) is 1. The van der Waals surface area contributed by atoms with Crippen molar-refractivity contribution in [1.82, 2.24) is 4.90 Å². The number of likely N-dealkylation sites (N-methyl/N-ethyl adjacent to an activating group) is 1. The maximum atomic E-state index is 14.1. The summed E-state index contributed by atoms with van der Waals surface area (Å²) >= 11 is 0. The Bertz CT molecular complexity index is 1070. The number of carbonyl (C=O) groups is 2. The van der Waals surface area contributed by atoms with Gasteiger partial charge in [0.1, 0.15) is 11.9 Å². The molecule has 3 aromatic carbocycles. The Labute approximate surface area is 174 Å². The Morgan fingerprint density at radius 3 is 2.43 bits per heavy atom. The van der Waals surface area contributed by atoms with Gasteiger partial charge in [-0.3, -0.25) is 9.59 Å². The maximum absolute atomic E-state index is 14.1. The zero-order chi connectivity index (χ0) is 21.1. The molecule has 152 valence electrons. The van der Waals surface area contributed by atoms with Crippen LogP contribution in [0.2, 0.25) is 0 Å². The molecule has 30 heavy (non-hydrogen) atoms. The van der Waals surface area contributed by atoms with Gasteiger partial charge in [-0.2, -0.15) is 0 Å². The predicted octanol–water partition coefficient (Wildman–Crippen LogP) is 4.45. The van der Waals surface area contributed by atoms with Gasteiger partial charge in [-0.15, -0.1) is 0 Å². The summed E-state index contributed by atoms with van der Waals surface area (Å²) in [6.45, 7) is 0.367. The van der Waals surface area contributed by atoms with Crippen LogP contribution < -0.4 is 10.2 Å². The second-order valence-electron chi connectivity index (χ2n) is 7.20. The van der Waals surface area contributed by atoms with E-state index in [0.717, 1.165) is 5.69 Å². The molecule has 1 aliphatic rings. The fourth-order valence-electron chi connectivity index (χ4n) is 3.72. The van der Waals surface area contributed by atoms with E-state index in [0.29, 0.717) is 24.2 Å². The minimum Gasteiger partial charge on any atom is -0.355 e.